The fourth-order valence-electron chi connectivity index (χ4n) is 7.08. The molecule has 7 nitrogen and oxygen atoms in total. The number of hydrogen-bond donors (Lipinski definition) is 1. The summed E-state index contributed by atoms with van der Waals surface area (Å²) in [7, 11) is 0. The summed E-state index contributed by atoms with van der Waals surface area (Å²) >= 11 is 0. The van der Waals surface area contributed by atoms with Crippen LogP contribution in [0, 0.1) is 22.7 Å². The van der Waals surface area contributed by atoms with Gasteiger partial charge >= 0.3 is 5.97 Å². The standard InChI is InChI=1S/C35H55N3O4/c1-24(2)42-32(41)27-13-11-26(12-14-27)29(17-18-33(3,4)5)38-31(40)30(37-21-9-10-25(22-37)23-39)36-35(38)19-15-28(16-20-35)34(6,7)8/h11-14,24-25,28-29,39H,9-10,15-23H2,1-8H3/t25?,28?,29-,35?/m1/s1. The number of esters is 1. The molecule has 1 aromatic carbocycles. The van der Waals surface area contributed by atoms with Gasteiger partial charge in [-0.3, -0.25) is 4.79 Å². The number of benzene rings is 1. The Morgan fingerprint density at radius 2 is 1.71 bits per heavy atom. The maximum atomic E-state index is 14.6. The van der Waals surface area contributed by atoms with E-state index in [1.807, 2.05) is 38.1 Å². The van der Waals surface area contributed by atoms with Crippen LogP contribution in [0.15, 0.2) is 29.3 Å². The first-order valence-electron chi connectivity index (χ1n) is 16.2. The van der Waals surface area contributed by atoms with Gasteiger partial charge in [-0.05, 0) is 106 Å². The molecule has 3 aliphatic rings. The molecular formula is C35H55N3O4. The number of rotatable bonds is 7. The third kappa shape index (κ3) is 7.38. The average molecular weight is 582 g/mol. The van der Waals surface area contributed by atoms with E-state index in [1.165, 1.54) is 0 Å². The lowest BCUT2D eigenvalue weighted by Crippen LogP contribution is -2.52. The molecule has 1 aromatic rings. The van der Waals surface area contributed by atoms with Gasteiger partial charge in [-0.2, -0.15) is 0 Å². The molecule has 4 rings (SSSR count). The molecule has 0 aromatic heterocycles. The highest BCUT2D eigenvalue weighted by Crippen LogP contribution is 2.50. The van der Waals surface area contributed by atoms with Crippen molar-refractivity contribution >= 4 is 17.7 Å². The van der Waals surface area contributed by atoms with E-state index in [-0.39, 0.29) is 47.4 Å². The van der Waals surface area contributed by atoms with Crippen LogP contribution in [0.3, 0.4) is 0 Å². The Balaban J connectivity index is 1.73. The predicted molar refractivity (Wildman–Crippen MR) is 168 cm³/mol. The Morgan fingerprint density at radius 1 is 1.07 bits per heavy atom. The van der Waals surface area contributed by atoms with Crippen LogP contribution in [0.5, 0.6) is 0 Å². The minimum atomic E-state index is -0.571. The van der Waals surface area contributed by atoms with Crippen LogP contribution >= 0.6 is 0 Å². The first kappa shape index (κ1) is 32.5. The van der Waals surface area contributed by atoms with Gasteiger partial charge in [0.1, 0.15) is 5.66 Å². The number of aliphatic hydroxyl groups excluding tert-OH is 1. The summed E-state index contributed by atoms with van der Waals surface area (Å²) in [6.45, 7) is 19.0. The second-order valence-corrected chi connectivity index (χ2v) is 15.6. The van der Waals surface area contributed by atoms with Gasteiger partial charge in [0.25, 0.3) is 5.91 Å². The molecule has 1 aliphatic carbocycles. The van der Waals surface area contributed by atoms with Gasteiger partial charge in [0, 0.05) is 19.7 Å². The van der Waals surface area contributed by atoms with Crippen molar-refractivity contribution in [2.75, 3.05) is 19.7 Å². The molecule has 2 fully saturated rings. The molecule has 2 atom stereocenters. The van der Waals surface area contributed by atoms with Crippen LogP contribution < -0.4 is 0 Å². The zero-order valence-corrected chi connectivity index (χ0v) is 27.4. The molecule has 7 heteroatoms. The van der Waals surface area contributed by atoms with Gasteiger partial charge in [-0.15, -0.1) is 0 Å². The summed E-state index contributed by atoms with van der Waals surface area (Å²) in [6.07, 6.45) is 7.30. The normalized spacial score (nSPS) is 26.1. The van der Waals surface area contributed by atoms with Gasteiger partial charge in [0.2, 0.25) is 0 Å². The predicted octanol–water partition coefficient (Wildman–Crippen LogP) is 7.00. The molecule has 234 valence electrons. The SMILES string of the molecule is CC(C)OC(=O)c1ccc([C@@H](CCC(C)(C)C)N2C(=O)C(N3CCCC(CO)C3)=NC23CCC(C(C)(C)C)CC3)cc1. The number of carbonyl (C=O) groups is 2. The highest BCUT2D eigenvalue weighted by Gasteiger charge is 2.54. The average Bonchev–Trinajstić information content (AvgIpc) is 3.19. The third-order valence-corrected chi connectivity index (χ3v) is 9.61. The van der Waals surface area contributed by atoms with Gasteiger partial charge < -0.3 is 19.6 Å². The first-order chi connectivity index (χ1) is 19.6. The van der Waals surface area contributed by atoms with Crippen molar-refractivity contribution in [3.63, 3.8) is 0 Å². The van der Waals surface area contributed by atoms with Crippen molar-refractivity contribution in [3.05, 3.63) is 35.4 Å². The molecular weight excluding hydrogens is 526 g/mol. The molecule has 42 heavy (non-hydrogen) atoms. The summed E-state index contributed by atoms with van der Waals surface area (Å²) in [5.41, 5.74) is 1.31. The second kappa shape index (κ2) is 12.7. The quantitative estimate of drug-likeness (QED) is 0.351. The van der Waals surface area contributed by atoms with E-state index in [9.17, 15) is 14.7 Å². The van der Waals surface area contributed by atoms with E-state index in [0.717, 1.165) is 63.5 Å². The van der Waals surface area contributed by atoms with E-state index in [4.69, 9.17) is 9.73 Å². The largest absolute Gasteiger partial charge is 0.459 e. The fraction of sp³-hybridized carbons (Fsp3) is 0.743. The molecule has 2 heterocycles. The van der Waals surface area contributed by atoms with Gasteiger partial charge in [-0.25, -0.2) is 9.79 Å². The highest BCUT2D eigenvalue weighted by molar-refractivity contribution is 6.39. The van der Waals surface area contributed by atoms with E-state index in [1.54, 1.807) is 0 Å². The lowest BCUT2D eigenvalue weighted by molar-refractivity contribution is -0.134. The number of amidine groups is 1. The monoisotopic (exact) mass is 581 g/mol. The summed E-state index contributed by atoms with van der Waals surface area (Å²) in [4.78, 5) is 36.9. The zero-order valence-electron chi connectivity index (χ0n) is 27.4. The number of likely N-dealkylation sites (tertiary alicyclic amines) is 1. The highest BCUT2D eigenvalue weighted by atomic mass is 16.5. The Kier molecular flexibility index (Phi) is 9.81. The molecule has 2 aliphatic heterocycles. The number of aliphatic hydroxyl groups is 1. The van der Waals surface area contributed by atoms with Crippen LogP contribution in [0.1, 0.15) is 129 Å². The van der Waals surface area contributed by atoms with Crippen LogP contribution in [0.2, 0.25) is 0 Å². The molecule has 0 bridgehead atoms. The number of piperidine rings is 1. The Hall–Kier alpha value is -2.41. The van der Waals surface area contributed by atoms with Crippen LogP contribution in [-0.4, -0.2) is 64.1 Å². The minimum absolute atomic E-state index is 0.0185. The third-order valence-electron chi connectivity index (χ3n) is 9.61. The molecule has 1 N–H and O–H groups in total. The van der Waals surface area contributed by atoms with Gasteiger partial charge in [-0.1, -0.05) is 53.7 Å². The molecule has 1 unspecified atom stereocenters. The van der Waals surface area contributed by atoms with E-state index in [0.29, 0.717) is 23.9 Å². The lowest BCUT2D eigenvalue weighted by Gasteiger charge is -2.47. The number of ether oxygens (including phenoxy) is 1. The van der Waals surface area contributed by atoms with Crippen LogP contribution in [0.4, 0.5) is 0 Å². The Morgan fingerprint density at radius 3 is 2.26 bits per heavy atom. The number of hydrogen-bond acceptors (Lipinski definition) is 6. The fourth-order valence-corrected chi connectivity index (χ4v) is 7.08. The van der Waals surface area contributed by atoms with Crippen molar-refractivity contribution < 1.29 is 19.4 Å². The van der Waals surface area contributed by atoms with Gasteiger partial charge in [0.05, 0.1) is 17.7 Å². The van der Waals surface area contributed by atoms with E-state index >= 15 is 0 Å². The van der Waals surface area contributed by atoms with Crippen molar-refractivity contribution in [3.8, 4) is 0 Å². The molecule has 1 amide bonds. The summed E-state index contributed by atoms with van der Waals surface area (Å²) in [6, 6.07) is 7.54. The number of aliphatic imine (C=N–C) groups is 1. The second-order valence-electron chi connectivity index (χ2n) is 15.6. The number of amides is 1. The summed E-state index contributed by atoms with van der Waals surface area (Å²) < 4.78 is 5.43. The molecule has 1 saturated heterocycles. The first-order valence-corrected chi connectivity index (χ1v) is 16.2. The van der Waals surface area contributed by atoms with Crippen molar-refractivity contribution in [2.45, 2.75) is 125 Å². The maximum Gasteiger partial charge on any atom is 0.338 e. The van der Waals surface area contributed by atoms with E-state index in [2.05, 4.69) is 51.3 Å². The number of carbonyl (C=O) groups excluding carboxylic acids is 2. The molecule has 1 saturated carbocycles. The maximum absolute atomic E-state index is 14.6. The van der Waals surface area contributed by atoms with Crippen LogP contribution in [0.25, 0.3) is 0 Å². The summed E-state index contributed by atoms with van der Waals surface area (Å²) in [5.74, 6) is 1.04. The Bertz CT molecular complexity index is 1120. The van der Waals surface area contributed by atoms with Crippen molar-refractivity contribution in [2.24, 2.45) is 27.7 Å². The topological polar surface area (TPSA) is 82.4 Å². The Labute approximate surface area is 254 Å². The molecule has 1 spiro atoms. The summed E-state index contributed by atoms with van der Waals surface area (Å²) in [5, 5.41) is 9.91. The number of nitrogens with zero attached hydrogens (tertiary/aromatic N) is 3. The van der Waals surface area contributed by atoms with E-state index < -0.39 is 5.66 Å². The minimum Gasteiger partial charge on any atom is -0.459 e. The smallest absolute Gasteiger partial charge is 0.338 e. The van der Waals surface area contributed by atoms with Crippen LogP contribution in [-0.2, 0) is 9.53 Å². The molecule has 0 radical (unpaired) electrons. The van der Waals surface area contributed by atoms with Gasteiger partial charge in [0.15, 0.2) is 5.84 Å². The van der Waals surface area contributed by atoms with Crippen molar-refractivity contribution in [1.29, 1.82) is 0 Å². The van der Waals surface area contributed by atoms with Crippen molar-refractivity contribution in [1.82, 2.24) is 9.80 Å². The zero-order chi connectivity index (χ0) is 30.9. The lowest BCUT2D eigenvalue weighted by atomic mass is 9.69.